The van der Waals surface area contributed by atoms with Crippen LogP contribution in [-0.4, -0.2) is 16.0 Å². The largest absolute Gasteiger partial charge is 0.281 e. The number of fused-ring (bicyclic) bond motifs is 1. The SMILES string of the molecule is SCCc1[nH]nc2ccccc12. The Hall–Kier alpha value is -0.960. The molecule has 62 valence electrons. The summed E-state index contributed by atoms with van der Waals surface area (Å²) in [5.74, 6) is 0.853. The Labute approximate surface area is 76.4 Å². The molecule has 0 amide bonds. The molecule has 12 heavy (non-hydrogen) atoms. The number of benzene rings is 1. The molecule has 1 N–H and O–H groups in total. The first-order valence-corrected chi connectivity index (χ1v) is 4.58. The number of aromatic nitrogens is 2. The molecule has 0 saturated heterocycles. The number of H-pyrrole nitrogens is 1. The second-order valence-electron chi connectivity index (χ2n) is 2.69. The highest BCUT2D eigenvalue weighted by Crippen LogP contribution is 2.15. The van der Waals surface area contributed by atoms with Crippen LogP contribution < -0.4 is 0 Å². The van der Waals surface area contributed by atoms with E-state index in [1.807, 2.05) is 18.2 Å². The number of para-hydroxylation sites is 1. The fraction of sp³-hybridized carbons (Fsp3) is 0.222. The molecule has 1 aromatic carbocycles. The molecule has 0 unspecified atom stereocenters. The van der Waals surface area contributed by atoms with E-state index < -0.39 is 0 Å². The lowest BCUT2D eigenvalue weighted by Gasteiger charge is -1.92. The molecule has 1 heterocycles. The molecule has 0 bridgehead atoms. The molecular weight excluding hydrogens is 168 g/mol. The third-order valence-electron chi connectivity index (χ3n) is 1.90. The van der Waals surface area contributed by atoms with Gasteiger partial charge in [-0.15, -0.1) is 0 Å². The minimum Gasteiger partial charge on any atom is -0.281 e. The summed E-state index contributed by atoms with van der Waals surface area (Å²) in [6.07, 6.45) is 0.948. The van der Waals surface area contributed by atoms with Crippen molar-refractivity contribution >= 4 is 23.5 Å². The van der Waals surface area contributed by atoms with Crippen LogP contribution in [0.1, 0.15) is 5.69 Å². The first-order chi connectivity index (χ1) is 5.92. The summed E-state index contributed by atoms with van der Waals surface area (Å²) >= 11 is 4.18. The van der Waals surface area contributed by atoms with Crippen molar-refractivity contribution in [3.8, 4) is 0 Å². The van der Waals surface area contributed by atoms with Crippen LogP contribution in [0.2, 0.25) is 0 Å². The Bertz CT molecular complexity index is 381. The predicted octanol–water partition coefficient (Wildman–Crippen LogP) is 2.04. The molecule has 0 aliphatic carbocycles. The van der Waals surface area contributed by atoms with Crippen LogP contribution in [0.3, 0.4) is 0 Å². The summed E-state index contributed by atoms with van der Waals surface area (Å²) in [4.78, 5) is 0. The summed E-state index contributed by atoms with van der Waals surface area (Å²) in [5, 5.41) is 8.41. The van der Waals surface area contributed by atoms with E-state index in [1.165, 1.54) is 11.1 Å². The Morgan fingerprint density at radius 1 is 1.33 bits per heavy atom. The van der Waals surface area contributed by atoms with Gasteiger partial charge in [-0.05, 0) is 18.2 Å². The normalized spacial score (nSPS) is 10.8. The van der Waals surface area contributed by atoms with Gasteiger partial charge in [0.2, 0.25) is 0 Å². The number of thiol groups is 1. The zero-order valence-corrected chi connectivity index (χ0v) is 7.51. The third-order valence-corrected chi connectivity index (χ3v) is 2.13. The average molecular weight is 178 g/mol. The van der Waals surface area contributed by atoms with Crippen LogP contribution in [0.15, 0.2) is 24.3 Å². The van der Waals surface area contributed by atoms with Gasteiger partial charge < -0.3 is 0 Å². The molecule has 2 nitrogen and oxygen atoms in total. The van der Waals surface area contributed by atoms with Crippen LogP contribution in [0, 0.1) is 0 Å². The Morgan fingerprint density at radius 3 is 3.00 bits per heavy atom. The van der Waals surface area contributed by atoms with Crippen molar-refractivity contribution in [2.45, 2.75) is 6.42 Å². The number of aryl methyl sites for hydroxylation is 1. The van der Waals surface area contributed by atoms with Gasteiger partial charge in [-0.1, -0.05) is 18.2 Å². The van der Waals surface area contributed by atoms with Gasteiger partial charge in [-0.3, -0.25) is 5.10 Å². The molecule has 0 atom stereocenters. The lowest BCUT2D eigenvalue weighted by atomic mass is 10.2. The highest BCUT2D eigenvalue weighted by molar-refractivity contribution is 7.80. The molecule has 2 rings (SSSR count). The van der Waals surface area contributed by atoms with Gasteiger partial charge in [0.05, 0.1) is 5.52 Å². The number of nitrogens with zero attached hydrogens (tertiary/aromatic N) is 1. The Balaban J connectivity index is 2.55. The van der Waals surface area contributed by atoms with Crippen LogP contribution in [0.5, 0.6) is 0 Å². The van der Waals surface area contributed by atoms with Gasteiger partial charge in [0.25, 0.3) is 0 Å². The second kappa shape index (κ2) is 3.19. The minimum atomic E-state index is 0.853. The zero-order chi connectivity index (χ0) is 8.39. The van der Waals surface area contributed by atoms with E-state index in [4.69, 9.17) is 0 Å². The molecule has 0 aliphatic heterocycles. The summed E-state index contributed by atoms with van der Waals surface area (Å²) in [6, 6.07) is 8.11. The fourth-order valence-electron chi connectivity index (χ4n) is 1.32. The predicted molar refractivity (Wildman–Crippen MR) is 53.7 cm³/mol. The first kappa shape index (κ1) is 7.68. The monoisotopic (exact) mass is 178 g/mol. The second-order valence-corrected chi connectivity index (χ2v) is 3.14. The summed E-state index contributed by atoms with van der Waals surface area (Å²) in [7, 11) is 0. The minimum absolute atomic E-state index is 0.853. The van der Waals surface area contributed by atoms with Gasteiger partial charge in [0.1, 0.15) is 0 Å². The number of hydrogen-bond acceptors (Lipinski definition) is 2. The molecule has 0 spiro atoms. The average Bonchev–Trinajstić information content (AvgIpc) is 2.50. The maximum absolute atomic E-state index is 4.18. The van der Waals surface area contributed by atoms with Gasteiger partial charge in [-0.2, -0.15) is 17.7 Å². The molecule has 0 aliphatic rings. The number of nitrogens with one attached hydrogen (secondary N) is 1. The molecule has 0 saturated carbocycles. The van der Waals surface area contributed by atoms with E-state index in [0.717, 1.165) is 17.7 Å². The van der Waals surface area contributed by atoms with E-state index in [0.29, 0.717) is 0 Å². The van der Waals surface area contributed by atoms with E-state index in [2.05, 4.69) is 28.9 Å². The van der Waals surface area contributed by atoms with Crippen molar-refractivity contribution in [2.75, 3.05) is 5.75 Å². The van der Waals surface area contributed by atoms with E-state index in [1.54, 1.807) is 0 Å². The molecule has 1 aromatic heterocycles. The van der Waals surface area contributed by atoms with Crippen molar-refractivity contribution in [2.24, 2.45) is 0 Å². The van der Waals surface area contributed by atoms with E-state index >= 15 is 0 Å². The van der Waals surface area contributed by atoms with Gasteiger partial charge in [0, 0.05) is 11.1 Å². The summed E-state index contributed by atoms with van der Waals surface area (Å²) in [5.41, 5.74) is 2.22. The van der Waals surface area contributed by atoms with Crippen molar-refractivity contribution in [1.82, 2.24) is 10.2 Å². The lowest BCUT2D eigenvalue weighted by Crippen LogP contribution is -1.86. The van der Waals surface area contributed by atoms with Crippen molar-refractivity contribution in [3.05, 3.63) is 30.0 Å². The van der Waals surface area contributed by atoms with Gasteiger partial charge >= 0.3 is 0 Å². The Kier molecular flexibility index (Phi) is 2.04. The first-order valence-electron chi connectivity index (χ1n) is 3.94. The van der Waals surface area contributed by atoms with Crippen molar-refractivity contribution < 1.29 is 0 Å². The smallest absolute Gasteiger partial charge is 0.0923 e. The number of rotatable bonds is 2. The van der Waals surface area contributed by atoms with Crippen LogP contribution in [0.4, 0.5) is 0 Å². The zero-order valence-electron chi connectivity index (χ0n) is 6.62. The van der Waals surface area contributed by atoms with E-state index in [-0.39, 0.29) is 0 Å². The standard InChI is InChI=1S/C9H10N2S/c12-6-5-9-7-3-1-2-4-8(7)10-11-9/h1-4,12H,5-6H2,(H,10,11). The molecule has 0 radical (unpaired) electrons. The molecule has 2 aromatic rings. The lowest BCUT2D eigenvalue weighted by molar-refractivity contribution is 0.997. The Morgan fingerprint density at radius 2 is 2.17 bits per heavy atom. The van der Waals surface area contributed by atoms with Gasteiger partial charge in [-0.25, -0.2) is 0 Å². The quantitative estimate of drug-likeness (QED) is 0.677. The maximum Gasteiger partial charge on any atom is 0.0923 e. The summed E-state index contributed by atoms with van der Waals surface area (Å²) in [6.45, 7) is 0. The third kappa shape index (κ3) is 1.20. The fourth-order valence-corrected chi connectivity index (χ4v) is 1.54. The summed E-state index contributed by atoms with van der Waals surface area (Å²) < 4.78 is 0. The van der Waals surface area contributed by atoms with E-state index in [9.17, 15) is 0 Å². The number of aromatic amines is 1. The van der Waals surface area contributed by atoms with Crippen LogP contribution in [0.25, 0.3) is 10.9 Å². The topological polar surface area (TPSA) is 28.7 Å². The van der Waals surface area contributed by atoms with Crippen molar-refractivity contribution in [3.63, 3.8) is 0 Å². The number of hydrogen-bond donors (Lipinski definition) is 2. The van der Waals surface area contributed by atoms with Crippen LogP contribution in [-0.2, 0) is 6.42 Å². The molecule has 0 fully saturated rings. The van der Waals surface area contributed by atoms with Gasteiger partial charge in [0.15, 0.2) is 0 Å². The molecular formula is C9H10N2S. The van der Waals surface area contributed by atoms with Crippen LogP contribution >= 0.6 is 12.6 Å². The highest BCUT2D eigenvalue weighted by Gasteiger charge is 2.01. The molecule has 3 heteroatoms. The maximum atomic E-state index is 4.18. The van der Waals surface area contributed by atoms with Crippen molar-refractivity contribution in [1.29, 1.82) is 0 Å². The highest BCUT2D eigenvalue weighted by atomic mass is 32.1.